The van der Waals surface area contributed by atoms with Crippen LogP contribution >= 0.6 is 0 Å². The molecule has 0 aromatic rings. The molecule has 7 heteroatoms. The molecule has 20 heavy (non-hydrogen) atoms. The van der Waals surface area contributed by atoms with Crippen molar-refractivity contribution in [2.45, 2.75) is 58.3 Å². The van der Waals surface area contributed by atoms with Crippen molar-refractivity contribution in [3.8, 4) is 0 Å². The Morgan fingerprint density at radius 3 is 2.40 bits per heavy atom. The Balaban J connectivity index is 3.87. The van der Waals surface area contributed by atoms with Gasteiger partial charge in [0.1, 0.15) is 6.04 Å². The zero-order chi connectivity index (χ0) is 15.6. The maximum absolute atomic E-state index is 11.9. The molecule has 4 nitrogen and oxygen atoms in total. The maximum Gasteiger partial charge on any atom is 0.389 e. The Labute approximate surface area is 118 Å². The van der Waals surface area contributed by atoms with Gasteiger partial charge in [0.05, 0.1) is 6.61 Å². The number of halogens is 3. The van der Waals surface area contributed by atoms with Gasteiger partial charge >= 0.3 is 12.1 Å². The number of alkyl halides is 3. The van der Waals surface area contributed by atoms with Crippen molar-refractivity contribution in [1.82, 2.24) is 5.32 Å². The second-order valence-electron chi connectivity index (χ2n) is 4.75. The molecule has 1 N–H and O–H groups in total. The van der Waals surface area contributed by atoms with Crippen LogP contribution in [0, 0.1) is 0 Å². The molecule has 0 saturated heterocycles. The van der Waals surface area contributed by atoms with E-state index in [1.54, 1.807) is 6.92 Å². The lowest BCUT2D eigenvalue weighted by Gasteiger charge is -2.19. The molecule has 0 aliphatic heterocycles. The third-order valence-electron chi connectivity index (χ3n) is 2.41. The van der Waals surface area contributed by atoms with Crippen molar-refractivity contribution in [3.63, 3.8) is 0 Å². The lowest BCUT2D eigenvalue weighted by atomic mass is 10.2. The van der Waals surface area contributed by atoms with Gasteiger partial charge < -0.3 is 14.8 Å². The zero-order valence-corrected chi connectivity index (χ0v) is 12.3. The van der Waals surface area contributed by atoms with Gasteiger partial charge in [0, 0.05) is 25.7 Å². The van der Waals surface area contributed by atoms with Crippen LogP contribution in [0.15, 0.2) is 0 Å². The molecule has 0 aliphatic rings. The maximum atomic E-state index is 11.9. The van der Waals surface area contributed by atoms with E-state index in [1.807, 2.05) is 13.8 Å². The van der Waals surface area contributed by atoms with Crippen LogP contribution in [0.2, 0.25) is 0 Å². The Hall–Kier alpha value is -0.820. The number of nitrogens with one attached hydrogen (secondary N) is 1. The van der Waals surface area contributed by atoms with Gasteiger partial charge in [0.25, 0.3) is 0 Å². The lowest BCUT2D eigenvalue weighted by molar-refractivity contribution is -0.146. The highest BCUT2D eigenvalue weighted by Crippen LogP contribution is 2.21. The standard InChI is InChI=1S/C13H24F3NO3/c1-4-20-12(18)11(17-10(2)3)6-9-19-8-5-7-13(14,15)16/h10-11,17H,4-9H2,1-3H3. The van der Waals surface area contributed by atoms with Crippen LogP contribution < -0.4 is 5.32 Å². The van der Waals surface area contributed by atoms with E-state index in [1.165, 1.54) is 0 Å². The van der Waals surface area contributed by atoms with Gasteiger partial charge in [-0.3, -0.25) is 4.79 Å². The predicted octanol–water partition coefficient (Wildman–Crippen LogP) is 2.67. The third-order valence-corrected chi connectivity index (χ3v) is 2.41. The van der Waals surface area contributed by atoms with E-state index in [4.69, 9.17) is 9.47 Å². The van der Waals surface area contributed by atoms with Crippen LogP contribution in [-0.2, 0) is 14.3 Å². The second kappa shape index (κ2) is 9.99. The van der Waals surface area contributed by atoms with Crippen molar-refractivity contribution in [1.29, 1.82) is 0 Å². The van der Waals surface area contributed by atoms with Crippen LogP contribution in [0.1, 0.15) is 40.0 Å². The highest BCUT2D eigenvalue weighted by Gasteiger charge is 2.26. The van der Waals surface area contributed by atoms with Gasteiger partial charge in [0.15, 0.2) is 0 Å². The Morgan fingerprint density at radius 2 is 1.90 bits per heavy atom. The molecule has 0 amide bonds. The fraction of sp³-hybridized carbons (Fsp3) is 0.923. The minimum atomic E-state index is -4.14. The van der Waals surface area contributed by atoms with Gasteiger partial charge in [-0.15, -0.1) is 0 Å². The number of carbonyl (C=O) groups is 1. The molecular weight excluding hydrogens is 275 g/mol. The molecule has 0 rings (SSSR count). The molecule has 0 bridgehead atoms. The van der Waals surface area contributed by atoms with Crippen molar-refractivity contribution in [3.05, 3.63) is 0 Å². The summed E-state index contributed by atoms with van der Waals surface area (Å²) in [5, 5.41) is 3.05. The van der Waals surface area contributed by atoms with Crippen LogP contribution in [0.25, 0.3) is 0 Å². The Morgan fingerprint density at radius 1 is 1.25 bits per heavy atom. The molecule has 0 saturated carbocycles. The lowest BCUT2D eigenvalue weighted by Crippen LogP contribution is -2.42. The smallest absolute Gasteiger partial charge is 0.389 e. The monoisotopic (exact) mass is 299 g/mol. The highest BCUT2D eigenvalue weighted by atomic mass is 19.4. The summed E-state index contributed by atoms with van der Waals surface area (Å²) >= 11 is 0. The fourth-order valence-corrected chi connectivity index (χ4v) is 1.59. The van der Waals surface area contributed by atoms with Crippen molar-refractivity contribution in [2.75, 3.05) is 19.8 Å². The summed E-state index contributed by atoms with van der Waals surface area (Å²) in [6, 6.07) is -0.382. The molecule has 120 valence electrons. The normalized spacial score (nSPS) is 13.6. The van der Waals surface area contributed by atoms with Crippen molar-refractivity contribution >= 4 is 5.97 Å². The largest absolute Gasteiger partial charge is 0.465 e. The molecule has 0 spiro atoms. The fourth-order valence-electron chi connectivity index (χ4n) is 1.59. The van der Waals surface area contributed by atoms with Crippen LogP contribution in [0.5, 0.6) is 0 Å². The quantitative estimate of drug-likeness (QED) is 0.498. The van der Waals surface area contributed by atoms with E-state index in [9.17, 15) is 18.0 Å². The molecule has 0 radical (unpaired) electrons. The molecule has 1 atom stereocenters. The summed E-state index contributed by atoms with van der Waals surface area (Å²) in [5.74, 6) is -0.361. The molecule has 0 aromatic heterocycles. The van der Waals surface area contributed by atoms with Gasteiger partial charge in [0.2, 0.25) is 0 Å². The molecule has 1 unspecified atom stereocenters. The SMILES string of the molecule is CCOC(=O)C(CCOCCCC(F)(F)F)NC(C)C. The first-order valence-electron chi connectivity index (χ1n) is 6.83. The van der Waals surface area contributed by atoms with Crippen molar-refractivity contribution < 1.29 is 27.4 Å². The number of esters is 1. The van der Waals surface area contributed by atoms with E-state index < -0.39 is 18.6 Å². The van der Waals surface area contributed by atoms with E-state index in [0.717, 1.165) is 0 Å². The van der Waals surface area contributed by atoms with Crippen molar-refractivity contribution in [2.24, 2.45) is 0 Å². The van der Waals surface area contributed by atoms with Gasteiger partial charge in [-0.25, -0.2) is 0 Å². The minimum absolute atomic E-state index is 0.0384. The molecule has 0 aliphatic carbocycles. The van der Waals surface area contributed by atoms with E-state index in [-0.39, 0.29) is 31.6 Å². The highest BCUT2D eigenvalue weighted by molar-refractivity contribution is 5.75. The van der Waals surface area contributed by atoms with Gasteiger partial charge in [-0.1, -0.05) is 13.8 Å². The number of hydrogen-bond donors (Lipinski definition) is 1. The number of hydrogen-bond acceptors (Lipinski definition) is 4. The van der Waals surface area contributed by atoms with Crippen LogP contribution in [0.4, 0.5) is 13.2 Å². The average molecular weight is 299 g/mol. The first-order chi connectivity index (χ1) is 9.26. The zero-order valence-electron chi connectivity index (χ0n) is 12.3. The van der Waals surface area contributed by atoms with Crippen LogP contribution in [0.3, 0.4) is 0 Å². The summed E-state index contributed by atoms with van der Waals surface area (Å²) in [6.45, 7) is 6.07. The van der Waals surface area contributed by atoms with Gasteiger partial charge in [-0.2, -0.15) is 13.2 Å². The number of rotatable bonds is 10. The summed E-state index contributed by atoms with van der Waals surface area (Å²) in [5.41, 5.74) is 0. The van der Waals surface area contributed by atoms with E-state index >= 15 is 0 Å². The van der Waals surface area contributed by atoms with Crippen LogP contribution in [-0.4, -0.2) is 44.0 Å². The van der Waals surface area contributed by atoms with E-state index in [2.05, 4.69) is 5.32 Å². The molecule has 0 aromatic carbocycles. The molecule has 0 heterocycles. The molecular formula is C13H24F3NO3. The Bertz CT molecular complexity index is 270. The molecule has 0 fully saturated rings. The Kier molecular flexibility index (Phi) is 9.58. The number of ether oxygens (including phenoxy) is 2. The number of carbonyl (C=O) groups excluding carboxylic acids is 1. The first kappa shape index (κ1) is 19.2. The topological polar surface area (TPSA) is 47.6 Å². The second-order valence-corrected chi connectivity index (χ2v) is 4.75. The van der Waals surface area contributed by atoms with E-state index in [0.29, 0.717) is 13.0 Å². The first-order valence-corrected chi connectivity index (χ1v) is 6.83. The van der Waals surface area contributed by atoms with Gasteiger partial charge in [-0.05, 0) is 19.8 Å². The summed E-state index contributed by atoms with van der Waals surface area (Å²) < 4.78 is 45.7. The summed E-state index contributed by atoms with van der Waals surface area (Å²) in [7, 11) is 0. The third kappa shape index (κ3) is 11.0. The predicted molar refractivity (Wildman–Crippen MR) is 69.4 cm³/mol. The summed E-state index contributed by atoms with van der Waals surface area (Å²) in [4.78, 5) is 11.6. The average Bonchev–Trinajstić information content (AvgIpc) is 2.30. The summed E-state index contributed by atoms with van der Waals surface area (Å²) in [6.07, 6.45) is -4.68. The minimum Gasteiger partial charge on any atom is -0.465 e.